The second-order valence-electron chi connectivity index (χ2n) is 8.60. The number of carbonyl (C=O) groups excluding carboxylic acids is 3. The molecule has 7 heteroatoms. The van der Waals surface area contributed by atoms with Gasteiger partial charge < -0.3 is 16.0 Å². The highest BCUT2D eigenvalue weighted by molar-refractivity contribution is 6.20. The zero-order valence-electron chi connectivity index (χ0n) is 18.9. The van der Waals surface area contributed by atoms with E-state index in [0.29, 0.717) is 17.8 Å². The number of carbonyl (C=O) groups is 3. The summed E-state index contributed by atoms with van der Waals surface area (Å²) in [5.74, 6) is -2.44. The van der Waals surface area contributed by atoms with Crippen molar-refractivity contribution in [3.8, 4) is 0 Å². The van der Waals surface area contributed by atoms with E-state index in [-0.39, 0.29) is 11.8 Å². The standard InChI is InChI=1S/C25H30N4O3/c1-15(2)14-19(16(3)22(26)30)24(31)28-23-25(32)29(4)20-13-9-8-12-18(20)21(27-23)17-10-6-5-7-11-17/h5-13,15-16,19,23H,14H2,1-4H3,(H2,26,30)(H,28,31)/t16-,19+,23+/m0/s1. The lowest BCUT2D eigenvalue weighted by atomic mass is 9.85. The molecule has 3 amide bonds. The predicted molar refractivity (Wildman–Crippen MR) is 125 cm³/mol. The quantitative estimate of drug-likeness (QED) is 0.700. The highest BCUT2D eigenvalue weighted by atomic mass is 16.2. The number of amides is 3. The Balaban J connectivity index is 2.02. The lowest BCUT2D eigenvalue weighted by molar-refractivity contribution is -0.135. The van der Waals surface area contributed by atoms with Gasteiger partial charge in [-0.1, -0.05) is 69.3 Å². The number of primary amides is 1. The molecule has 0 aliphatic carbocycles. The molecule has 168 valence electrons. The number of nitrogens with one attached hydrogen (secondary N) is 1. The van der Waals surface area contributed by atoms with Crippen molar-refractivity contribution in [1.82, 2.24) is 5.32 Å². The number of rotatable bonds is 7. The Morgan fingerprint density at radius 3 is 2.31 bits per heavy atom. The van der Waals surface area contributed by atoms with Crippen molar-refractivity contribution in [3.05, 3.63) is 65.7 Å². The number of para-hydroxylation sites is 1. The van der Waals surface area contributed by atoms with Crippen molar-refractivity contribution in [1.29, 1.82) is 0 Å². The molecule has 0 fully saturated rings. The molecule has 0 saturated carbocycles. The number of nitrogens with zero attached hydrogens (tertiary/aromatic N) is 2. The maximum atomic E-state index is 13.3. The van der Waals surface area contributed by atoms with E-state index in [1.165, 1.54) is 4.90 Å². The van der Waals surface area contributed by atoms with Crippen molar-refractivity contribution in [2.24, 2.45) is 28.5 Å². The van der Waals surface area contributed by atoms with Gasteiger partial charge in [-0.05, 0) is 18.4 Å². The van der Waals surface area contributed by atoms with Crippen molar-refractivity contribution in [3.63, 3.8) is 0 Å². The number of benzodiazepines with no additional fused rings is 1. The van der Waals surface area contributed by atoms with Gasteiger partial charge in [-0.15, -0.1) is 0 Å². The van der Waals surface area contributed by atoms with Crippen LogP contribution in [-0.2, 0) is 14.4 Å². The number of nitrogens with two attached hydrogens (primary N) is 1. The third kappa shape index (κ3) is 4.88. The first-order chi connectivity index (χ1) is 15.2. The van der Waals surface area contributed by atoms with Crippen LogP contribution in [0, 0.1) is 17.8 Å². The second kappa shape index (κ2) is 9.77. The van der Waals surface area contributed by atoms with E-state index in [9.17, 15) is 14.4 Å². The third-order valence-corrected chi connectivity index (χ3v) is 5.78. The van der Waals surface area contributed by atoms with Gasteiger partial charge in [0.15, 0.2) is 0 Å². The van der Waals surface area contributed by atoms with Crippen LogP contribution in [0.15, 0.2) is 59.6 Å². The molecule has 7 nitrogen and oxygen atoms in total. The molecule has 0 saturated heterocycles. The van der Waals surface area contributed by atoms with Crippen LogP contribution in [0.4, 0.5) is 5.69 Å². The van der Waals surface area contributed by atoms with E-state index in [1.807, 2.05) is 68.4 Å². The fraction of sp³-hybridized carbons (Fsp3) is 0.360. The minimum atomic E-state index is -1.12. The van der Waals surface area contributed by atoms with E-state index < -0.39 is 29.8 Å². The first-order valence-electron chi connectivity index (χ1n) is 10.8. The summed E-state index contributed by atoms with van der Waals surface area (Å²) in [5.41, 5.74) is 8.46. The monoisotopic (exact) mass is 434 g/mol. The summed E-state index contributed by atoms with van der Waals surface area (Å²) in [5, 5.41) is 2.79. The van der Waals surface area contributed by atoms with Gasteiger partial charge in [-0.3, -0.25) is 14.4 Å². The molecule has 0 spiro atoms. The van der Waals surface area contributed by atoms with Crippen molar-refractivity contribution in [2.75, 3.05) is 11.9 Å². The number of hydrogen-bond acceptors (Lipinski definition) is 4. The molecule has 0 bridgehead atoms. The van der Waals surface area contributed by atoms with Crippen LogP contribution in [0.25, 0.3) is 0 Å². The van der Waals surface area contributed by atoms with Gasteiger partial charge >= 0.3 is 0 Å². The molecule has 3 rings (SSSR count). The first-order valence-corrected chi connectivity index (χ1v) is 10.8. The smallest absolute Gasteiger partial charge is 0.272 e. The summed E-state index contributed by atoms with van der Waals surface area (Å²) in [7, 11) is 1.67. The van der Waals surface area contributed by atoms with Crippen molar-refractivity contribution < 1.29 is 14.4 Å². The maximum Gasteiger partial charge on any atom is 0.272 e. The Labute approximate surface area is 188 Å². The topological polar surface area (TPSA) is 105 Å². The van der Waals surface area contributed by atoms with Gasteiger partial charge in [0.1, 0.15) is 0 Å². The molecular formula is C25H30N4O3. The van der Waals surface area contributed by atoms with Crippen LogP contribution in [0.3, 0.4) is 0 Å². The zero-order chi connectivity index (χ0) is 23.4. The predicted octanol–water partition coefficient (Wildman–Crippen LogP) is 2.73. The molecule has 1 heterocycles. The lowest BCUT2D eigenvalue weighted by Gasteiger charge is -2.25. The van der Waals surface area contributed by atoms with Gasteiger partial charge in [0.05, 0.1) is 11.4 Å². The zero-order valence-corrected chi connectivity index (χ0v) is 18.9. The van der Waals surface area contributed by atoms with Gasteiger partial charge in [-0.2, -0.15) is 0 Å². The van der Waals surface area contributed by atoms with E-state index in [2.05, 4.69) is 5.32 Å². The number of benzene rings is 2. The van der Waals surface area contributed by atoms with Gasteiger partial charge in [-0.25, -0.2) is 4.99 Å². The summed E-state index contributed by atoms with van der Waals surface area (Å²) < 4.78 is 0. The van der Waals surface area contributed by atoms with Crippen molar-refractivity contribution in [2.45, 2.75) is 33.4 Å². The summed E-state index contributed by atoms with van der Waals surface area (Å²) in [6, 6.07) is 17.1. The number of aliphatic imine (C=N–C) groups is 1. The van der Waals surface area contributed by atoms with Crippen LogP contribution in [0.1, 0.15) is 38.3 Å². The lowest BCUT2D eigenvalue weighted by Crippen LogP contribution is -2.49. The molecule has 0 unspecified atom stereocenters. The number of fused-ring (bicyclic) bond motifs is 1. The molecule has 3 N–H and O–H groups in total. The molecule has 3 atom stereocenters. The molecule has 0 aromatic heterocycles. The third-order valence-electron chi connectivity index (χ3n) is 5.78. The van der Waals surface area contributed by atoms with E-state index >= 15 is 0 Å². The highest BCUT2D eigenvalue weighted by Crippen LogP contribution is 2.28. The summed E-state index contributed by atoms with van der Waals surface area (Å²) >= 11 is 0. The van der Waals surface area contributed by atoms with Gasteiger partial charge in [0.2, 0.25) is 18.0 Å². The summed E-state index contributed by atoms with van der Waals surface area (Å²) in [6.07, 6.45) is -0.646. The second-order valence-corrected chi connectivity index (χ2v) is 8.60. The average molecular weight is 435 g/mol. The molecule has 2 aromatic carbocycles. The van der Waals surface area contributed by atoms with Crippen LogP contribution in [0.5, 0.6) is 0 Å². The Morgan fingerprint density at radius 2 is 1.69 bits per heavy atom. The van der Waals surface area contributed by atoms with Gasteiger partial charge in [0, 0.05) is 30.0 Å². The molecule has 2 aromatic rings. The summed E-state index contributed by atoms with van der Waals surface area (Å²) in [6.45, 7) is 5.59. The van der Waals surface area contributed by atoms with Crippen LogP contribution >= 0.6 is 0 Å². The Hall–Kier alpha value is -3.48. The van der Waals surface area contributed by atoms with Crippen molar-refractivity contribution >= 4 is 29.1 Å². The van der Waals surface area contributed by atoms with Crippen LogP contribution in [0.2, 0.25) is 0 Å². The summed E-state index contributed by atoms with van der Waals surface area (Å²) in [4.78, 5) is 44.5. The number of anilines is 1. The molecule has 32 heavy (non-hydrogen) atoms. The fourth-order valence-electron chi connectivity index (χ4n) is 3.93. The molecular weight excluding hydrogens is 404 g/mol. The SMILES string of the molecule is CC(C)C[C@@H](C(=O)N[C@H]1N=C(c2ccccc2)c2ccccc2N(C)C1=O)[C@H](C)C(N)=O. The maximum absolute atomic E-state index is 13.3. The average Bonchev–Trinajstić information content (AvgIpc) is 2.88. The number of likely N-dealkylation sites (N-methyl/N-ethyl adjacent to an activating group) is 1. The molecule has 0 radical (unpaired) electrons. The highest BCUT2D eigenvalue weighted by Gasteiger charge is 2.35. The Kier molecular flexibility index (Phi) is 7.08. The minimum absolute atomic E-state index is 0.174. The molecule has 1 aliphatic rings. The molecule has 1 aliphatic heterocycles. The van der Waals surface area contributed by atoms with Crippen LogP contribution in [-0.4, -0.2) is 36.6 Å². The van der Waals surface area contributed by atoms with E-state index in [0.717, 1.165) is 11.1 Å². The van der Waals surface area contributed by atoms with Gasteiger partial charge in [0.25, 0.3) is 5.91 Å². The van der Waals surface area contributed by atoms with Crippen LogP contribution < -0.4 is 16.0 Å². The minimum Gasteiger partial charge on any atom is -0.369 e. The Morgan fingerprint density at radius 1 is 1.06 bits per heavy atom. The van der Waals surface area contributed by atoms with E-state index in [1.54, 1.807) is 14.0 Å². The normalized spacial score (nSPS) is 17.8. The Bertz CT molecular complexity index is 1030. The first kappa shape index (κ1) is 23.2. The largest absolute Gasteiger partial charge is 0.369 e. The number of hydrogen-bond donors (Lipinski definition) is 2. The fourth-order valence-corrected chi connectivity index (χ4v) is 3.93. The van der Waals surface area contributed by atoms with E-state index in [4.69, 9.17) is 10.7 Å².